The van der Waals surface area contributed by atoms with Crippen molar-refractivity contribution < 1.29 is 4.74 Å². The molecule has 17 heavy (non-hydrogen) atoms. The number of rotatable bonds is 1. The van der Waals surface area contributed by atoms with Crippen molar-refractivity contribution in [2.45, 2.75) is 12.0 Å². The van der Waals surface area contributed by atoms with Gasteiger partial charge in [-0.3, -0.25) is 0 Å². The quantitative estimate of drug-likeness (QED) is 0.809. The van der Waals surface area contributed by atoms with Crippen LogP contribution in [0, 0.1) is 0 Å². The first-order chi connectivity index (χ1) is 8.36. The molecular weight excluding hydrogens is 210 g/mol. The van der Waals surface area contributed by atoms with Gasteiger partial charge in [0.15, 0.2) is 0 Å². The van der Waals surface area contributed by atoms with Crippen LogP contribution in [0.1, 0.15) is 17.0 Å². The molecule has 86 valence electrons. The normalized spacial score (nSPS) is 22.6. The third-order valence-electron chi connectivity index (χ3n) is 3.27. The number of para-hydroxylation sites is 1. The zero-order valence-electron chi connectivity index (χ0n) is 9.54. The molecule has 2 atom stereocenters. The lowest BCUT2D eigenvalue weighted by molar-refractivity contribution is 0.250. The second-order valence-electron chi connectivity index (χ2n) is 4.40. The maximum absolute atomic E-state index is 6.20. The number of nitrogens with two attached hydrogens (primary N) is 1. The first kappa shape index (κ1) is 10.4. The summed E-state index contributed by atoms with van der Waals surface area (Å²) in [6, 6.07) is 18.6. The van der Waals surface area contributed by atoms with Crippen molar-refractivity contribution in [3.05, 3.63) is 65.7 Å². The number of benzene rings is 2. The van der Waals surface area contributed by atoms with Crippen molar-refractivity contribution in [3.8, 4) is 5.75 Å². The highest BCUT2D eigenvalue weighted by atomic mass is 16.5. The summed E-state index contributed by atoms with van der Waals surface area (Å²) in [5, 5.41) is 0. The van der Waals surface area contributed by atoms with Gasteiger partial charge in [-0.05, 0) is 11.6 Å². The molecule has 0 aliphatic carbocycles. The van der Waals surface area contributed by atoms with Crippen molar-refractivity contribution in [1.29, 1.82) is 0 Å². The molecule has 1 heterocycles. The van der Waals surface area contributed by atoms with Crippen molar-refractivity contribution >= 4 is 0 Å². The zero-order valence-corrected chi connectivity index (χ0v) is 9.54. The Hall–Kier alpha value is -1.80. The Balaban J connectivity index is 2.10. The first-order valence-corrected chi connectivity index (χ1v) is 5.88. The highest BCUT2D eigenvalue weighted by molar-refractivity contribution is 5.45. The number of hydrogen-bond donors (Lipinski definition) is 1. The summed E-state index contributed by atoms with van der Waals surface area (Å²) in [5.41, 5.74) is 8.65. The summed E-state index contributed by atoms with van der Waals surface area (Å²) in [4.78, 5) is 0. The molecule has 0 spiro atoms. The van der Waals surface area contributed by atoms with Crippen LogP contribution in [0.4, 0.5) is 0 Å². The van der Waals surface area contributed by atoms with Gasteiger partial charge in [0.05, 0.1) is 0 Å². The van der Waals surface area contributed by atoms with E-state index >= 15 is 0 Å². The highest BCUT2D eigenvalue weighted by Gasteiger charge is 2.29. The van der Waals surface area contributed by atoms with Crippen molar-refractivity contribution in [3.63, 3.8) is 0 Å². The van der Waals surface area contributed by atoms with Gasteiger partial charge >= 0.3 is 0 Å². The molecule has 1 aliphatic rings. The summed E-state index contributed by atoms with van der Waals surface area (Å²) in [6.45, 7) is 0.580. The van der Waals surface area contributed by atoms with Crippen LogP contribution >= 0.6 is 0 Å². The van der Waals surface area contributed by atoms with Crippen LogP contribution < -0.4 is 10.5 Å². The van der Waals surface area contributed by atoms with Gasteiger partial charge in [-0.1, -0.05) is 48.5 Å². The van der Waals surface area contributed by atoms with Crippen LogP contribution in [-0.2, 0) is 0 Å². The van der Waals surface area contributed by atoms with Crippen LogP contribution in [-0.4, -0.2) is 12.6 Å². The Labute approximate surface area is 101 Å². The molecular formula is C15H15NO. The molecule has 2 heteroatoms. The fraction of sp³-hybridized carbons (Fsp3) is 0.200. The van der Waals surface area contributed by atoms with Gasteiger partial charge < -0.3 is 10.5 Å². The van der Waals surface area contributed by atoms with Gasteiger partial charge in [0.1, 0.15) is 12.4 Å². The fourth-order valence-corrected chi connectivity index (χ4v) is 2.47. The van der Waals surface area contributed by atoms with Gasteiger partial charge in [-0.25, -0.2) is 0 Å². The molecule has 0 amide bonds. The number of fused-ring (bicyclic) bond motifs is 1. The maximum atomic E-state index is 6.20. The molecule has 1 aliphatic heterocycles. The van der Waals surface area contributed by atoms with E-state index in [9.17, 15) is 0 Å². The Bertz CT molecular complexity index is 509. The average Bonchev–Trinajstić information content (AvgIpc) is 2.39. The van der Waals surface area contributed by atoms with E-state index in [1.807, 2.05) is 24.3 Å². The molecule has 2 unspecified atom stereocenters. The molecule has 2 aromatic rings. The van der Waals surface area contributed by atoms with E-state index in [2.05, 4.69) is 30.3 Å². The van der Waals surface area contributed by atoms with Crippen LogP contribution in [0.2, 0.25) is 0 Å². The summed E-state index contributed by atoms with van der Waals surface area (Å²) in [7, 11) is 0. The fourth-order valence-electron chi connectivity index (χ4n) is 2.47. The van der Waals surface area contributed by atoms with E-state index in [0.717, 1.165) is 5.75 Å². The third-order valence-corrected chi connectivity index (χ3v) is 3.27. The van der Waals surface area contributed by atoms with Crippen molar-refractivity contribution in [2.75, 3.05) is 6.61 Å². The van der Waals surface area contributed by atoms with E-state index in [-0.39, 0.29) is 12.0 Å². The largest absolute Gasteiger partial charge is 0.492 e. The van der Waals surface area contributed by atoms with Crippen molar-refractivity contribution in [1.82, 2.24) is 0 Å². The third kappa shape index (κ3) is 1.81. The van der Waals surface area contributed by atoms with E-state index < -0.39 is 0 Å². The molecule has 0 bridgehead atoms. The van der Waals surface area contributed by atoms with E-state index in [0.29, 0.717) is 6.61 Å². The smallest absolute Gasteiger partial charge is 0.123 e. The van der Waals surface area contributed by atoms with E-state index in [1.54, 1.807) is 0 Å². The molecule has 3 rings (SSSR count). The molecule has 0 radical (unpaired) electrons. The number of ether oxygens (including phenoxy) is 1. The molecule has 2 nitrogen and oxygen atoms in total. The van der Waals surface area contributed by atoms with Crippen LogP contribution in [0.3, 0.4) is 0 Å². The zero-order chi connectivity index (χ0) is 11.7. The lowest BCUT2D eigenvalue weighted by atomic mass is 9.84. The minimum absolute atomic E-state index is 0.0206. The number of hydrogen-bond acceptors (Lipinski definition) is 2. The van der Waals surface area contributed by atoms with E-state index in [4.69, 9.17) is 10.5 Å². The summed E-state index contributed by atoms with van der Waals surface area (Å²) < 4.78 is 5.66. The Kier molecular flexibility index (Phi) is 2.57. The van der Waals surface area contributed by atoms with Gasteiger partial charge in [0.25, 0.3) is 0 Å². The maximum Gasteiger partial charge on any atom is 0.123 e. The second-order valence-corrected chi connectivity index (χ2v) is 4.40. The Morgan fingerprint density at radius 3 is 2.47 bits per heavy atom. The molecule has 0 saturated carbocycles. The van der Waals surface area contributed by atoms with Crippen LogP contribution in [0.15, 0.2) is 54.6 Å². The Morgan fingerprint density at radius 1 is 0.941 bits per heavy atom. The molecule has 2 N–H and O–H groups in total. The lowest BCUT2D eigenvalue weighted by Crippen LogP contribution is -2.38. The van der Waals surface area contributed by atoms with Gasteiger partial charge in [-0.2, -0.15) is 0 Å². The predicted molar refractivity (Wildman–Crippen MR) is 68.2 cm³/mol. The Morgan fingerprint density at radius 2 is 1.65 bits per heavy atom. The van der Waals surface area contributed by atoms with Gasteiger partial charge in [0.2, 0.25) is 0 Å². The predicted octanol–water partition coefficient (Wildman–Crippen LogP) is 2.54. The molecule has 0 aromatic heterocycles. The lowest BCUT2D eigenvalue weighted by Gasteiger charge is -2.31. The molecule has 0 fully saturated rings. The summed E-state index contributed by atoms with van der Waals surface area (Å²) in [6.07, 6.45) is 0. The van der Waals surface area contributed by atoms with Gasteiger partial charge in [0, 0.05) is 17.5 Å². The second kappa shape index (κ2) is 4.22. The van der Waals surface area contributed by atoms with Crippen LogP contribution in [0.5, 0.6) is 5.75 Å². The van der Waals surface area contributed by atoms with E-state index in [1.165, 1.54) is 11.1 Å². The highest BCUT2D eigenvalue weighted by Crippen LogP contribution is 2.37. The topological polar surface area (TPSA) is 35.2 Å². The summed E-state index contributed by atoms with van der Waals surface area (Å²) >= 11 is 0. The minimum atomic E-state index is 0.0206. The molecule has 0 saturated heterocycles. The summed E-state index contributed by atoms with van der Waals surface area (Å²) in [5.74, 6) is 1.20. The SMILES string of the molecule is NC1COc2ccccc2C1c1ccccc1. The molecule has 2 aromatic carbocycles. The standard InChI is InChI=1S/C15H15NO/c16-13-10-17-14-9-5-4-8-12(14)15(13)11-6-2-1-3-7-11/h1-9,13,15H,10,16H2. The minimum Gasteiger partial charge on any atom is -0.492 e. The van der Waals surface area contributed by atoms with Crippen molar-refractivity contribution in [2.24, 2.45) is 5.73 Å². The monoisotopic (exact) mass is 225 g/mol. The average molecular weight is 225 g/mol. The van der Waals surface area contributed by atoms with Crippen LogP contribution in [0.25, 0.3) is 0 Å². The van der Waals surface area contributed by atoms with Gasteiger partial charge in [-0.15, -0.1) is 0 Å². The first-order valence-electron chi connectivity index (χ1n) is 5.88.